The molecule has 15 heavy (non-hydrogen) atoms. The molecule has 1 fully saturated rings. The van der Waals surface area contributed by atoms with Gasteiger partial charge in [0.2, 0.25) is 0 Å². The number of pyridine rings is 1. The first kappa shape index (κ1) is 9.09. The molecule has 4 heteroatoms. The Morgan fingerprint density at radius 3 is 2.80 bits per heavy atom. The molecule has 2 heterocycles. The van der Waals surface area contributed by atoms with Gasteiger partial charge in [-0.3, -0.25) is 0 Å². The Kier molecular flexibility index (Phi) is 2.09. The van der Waals surface area contributed by atoms with Gasteiger partial charge in [-0.25, -0.2) is 9.67 Å². The molecule has 0 aromatic carbocycles. The molecule has 0 amide bonds. The van der Waals surface area contributed by atoms with E-state index in [2.05, 4.69) is 32.1 Å². The Bertz CT molecular complexity index is 471. The second-order valence-electron chi connectivity index (χ2n) is 3.79. The Hall–Kier alpha value is -1.16. The zero-order valence-electron chi connectivity index (χ0n) is 8.10. The normalized spacial score (nSPS) is 15.5. The summed E-state index contributed by atoms with van der Waals surface area (Å²) in [6.07, 6.45) is 6.33. The third-order valence-corrected chi connectivity index (χ3v) is 3.02. The van der Waals surface area contributed by atoms with E-state index in [0.717, 1.165) is 10.3 Å². The van der Waals surface area contributed by atoms with Gasteiger partial charge in [-0.2, -0.15) is 5.10 Å². The summed E-state index contributed by atoms with van der Waals surface area (Å²) in [4.78, 5) is 4.30. The molecule has 0 N–H and O–H groups in total. The van der Waals surface area contributed by atoms with Crippen molar-refractivity contribution in [3.63, 3.8) is 0 Å². The summed E-state index contributed by atoms with van der Waals surface area (Å²) in [5.74, 6) is 1.56. The van der Waals surface area contributed by atoms with Crippen molar-refractivity contribution in [1.29, 1.82) is 0 Å². The van der Waals surface area contributed by atoms with E-state index in [1.807, 2.05) is 23.0 Å². The maximum atomic E-state index is 4.51. The summed E-state index contributed by atoms with van der Waals surface area (Å²) < 4.78 is 2.82. The fourth-order valence-corrected chi connectivity index (χ4v) is 1.80. The molecular weight excluding hydrogens is 254 g/mol. The van der Waals surface area contributed by atoms with Crippen LogP contribution in [0.1, 0.15) is 24.5 Å². The molecule has 0 radical (unpaired) electrons. The zero-order chi connectivity index (χ0) is 10.3. The van der Waals surface area contributed by atoms with E-state index in [-0.39, 0.29) is 0 Å². The number of aromatic nitrogens is 3. The van der Waals surface area contributed by atoms with Crippen LogP contribution in [0, 0.1) is 0 Å². The first-order valence-corrected chi connectivity index (χ1v) is 5.80. The number of nitrogens with zero attached hydrogens (tertiary/aromatic N) is 3. The minimum atomic E-state index is 0.696. The largest absolute Gasteiger partial charge is 0.236 e. The molecule has 0 aliphatic heterocycles. The van der Waals surface area contributed by atoms with Crippen LogP contribution in [-0.2, 0) is 0 Å². The summed E-state index contributed by atoms with van der Waals surface area (Å²) in [5.41, 5.74) is 1.19. The highest BCUT2D eigenvalue weighted by Crippen LogP contribution is 2.38. The lowest BCUT2D eigenvalue weighted by Crippen LogP contribution is -1.98. The molecule has 76 valence electrons. The van der Waals surface area contributed by atoms with Crippen molar-refractivity contribution in [1.82, 2.24) is 14.8 Å². The molecule has 1 aliphatic rings. The number of hydrogen-bond acceptors (Lipinski definition) is 2. The van der Waals surface area contributed by atoms with Gasteiger partial charge in [0, 0.05) is 22.8 Å². The van der Waals surface area contributed by atoms with Crippen LogP contribution in [0.2, 0.25) is 0 Å². The Labute approximate surface area is 96.3 Å². The third kappa shape index (κ3) is 1.81. The van der Waals surface area contributed by atoms with Crippen molar-refractivity contribution in [3.8, 4) is 5.82 Å². The fourth-order valence-electron chi connectivity index (χ4n) is 1.57. The number of rotatable bonds is 2. The molecule has 0 bridgehead atoms. The number of hydrogen-bond donors (Lipinski definition) is 0. The highest BCUT2D eigenvalue weighted by atomic mass is 79.9. The molecule has 1 saturated carbocycles. The second-order valence-corrected chi connectivity index (χ2v) is 4.71. The Balaban J connectivity index is 1.93. The molecule has 0 atom stereocenters. The predicted molar refractivity (Wildman–Crippen MR) is 61.0 cm³/mol. The van der Waals surface area contributed by atoms with Crippen LogP contribution >= 0.6 is 15.9 Å². The van der Waals surface area contributed by atoms with E-state index in [4.69, 9.17) is 0 Å². The molecule has 0 spiro atoms. The third-order valence-electron chi connectivity index (χ3n) is 2.55. The lowest BCUT2D eigenvalue weighted by molar-refractivity contribution is 0.812. The van der Waals surface area contributed by atoms with Gasteiger partial charge in [0.05, 0.1) is 5.69 Å². The molecule has 2 aromatic rings. The maximum absolute atomic E-state index is 4.51. The van der Waals surface area contributed by atoms with Gasteiger partial charge in [0.15, 0.2) is 5.82 Å². The van der Waals surface area contributed by atoms with Crippen molar-refractivity contribution in [3.05, 3.63) is 40.8 Å². The lowest BCUT2D eigenvalue weighted by Gasteiger charge is -1.99. The van der Waals surface area contributed by atoms with Crippen LogP contribution in [0.4, 0.5) is 0 Å². The standard InChI is InChI=1S/C11H10BrN3/c12-9-3-4-11(13-7-9)15-6-5-10(14-15)8-1-2-8/h3-8H,1-2H2. The van der Waals surface area contributed by atoms with Gasteiger partial charge >= 0.3 is 0 Å². The van der Waals surface area contributed by atoms with E-state index < -0.39 is 0 Å². The summed E-state index contributed by atoms with van der Waals surface area (Å²) >= 11 is 3.36. The molecule has 2 aromatic heterocycles. The van der Waals surface area contributed by atoms with Gasteiger partial charge in [-0.15, -0.1) is 0 Å². The molecule has 0 unspecified atom stereocenters. The SMILES string of the molecule is Brc1ccc(-n2ccc(C3CC3)n2)nc1. The quantitative estimate of drug-likeness (QED) is 0.834. The van der Waals surface area contributed by atoms with Gasteiger partial charge in [0.1, 0.15) is 0 Å². The van der Waals surface area contributed by atoms with E-state index in [1.165, 1.54) is 18.5 Å². The zero-order valence-corrected chi connectivity index (χ0v) is 9.68. The minimum absolute atomic E-state index is 0.696. The first-order valence-electron chi connectivity index (χ1n) is 5.00. The highest BCUT2D eigenvalue weighted by Gasteiger charge is 2.25. The van der Waals surface area contributed by atoms with Crippen LogP contribution < -0.4 is 0 Å². The van der Waals surface area contributed by atoms with Gasteiger partial charge < -0.3 is 0 Å². The summed E-state index contributed by atoms with van der Waals surface area (Å²) in [6, 6.07) is 6.01. The van der Waals surface area contributed by atoms with Crippen molar-refractivity contribution in [2.75, 3.05) is 0 Å². The molecule has 3 rings (SSSR count). The van der Waals surface area contributed by atoms with Crippen LogP contribution in [0.25, 0.3) is 5.82 Å². The Morgan fingerprint density at radius 2 is 2.13 bits per heavy atom. The lowest BCUT2D eigenvalue weighted by atomic mass is 10.3. The number of halogens is 1. The van der Waals surface area contributed by atoms with Crippen molar-refractivity contribution in [2.45, 2.75) is 18.8 Å². The van der Waals surface area contributed by atoms with Crippen LogP contribution in [0.3, 0.4) is 0 Å². The van der Waals surface area contributed by atoms with Crippen LogP contribution in [-0.4, -0.2) is 14.8 Å². The van der Waals surface area contributed by atoms with Crippen molar-refractivity contribution >= 4 is 15.9 Å². The second kappa shape index (κ2) is 3.45. The minimum Gasteiger partial charge on any atom is -0.236 e. The molecule has 0 saturated heterocycles. The van der Waals surface area contributed by atoms with E-state index in [0.29, 0.717) is 5.92 Å². The smallest absolute Gasteiger partial charge is 0.153 e. The first-order chi connectivity index (χ1) is 7.33. The van der Waals surface area contributed by atoms with Gasteiger partial charge in [-0.1, -0.05) is 0 Å². The van der Waals surface area contributed by atoms with E-state index in [9.17, 15) is 0 Å². The highest BCUT2D eigenvalue weighted by molar-refractivity contribution is 9.10. The van der Waals surface area contributed by atoms with Gasteiger partial charge in [0.25, 0.3) is 0 Å². The van der Waals surface area contributed by atoms with Crippen LogP contribution in [0.15, 0.2) is 35.1 Å². The fraction of sp³-hybridized carbons (Fsp3) is 0.273. The van der Waals surface area contributed by atoms with E-state index >= 15 is 0 Å². The molecule has 3 nitrogen and oxygen atoms in total. The van der Waals surface area contributed by atoms with Crippen molar-refractivity contribution in [2.24, 2.45) is 0 Å². The monoisotopic (exact) mass is 263 g/mol. The predicted octanol–water partition coefficient (Wildman–Crippen LogP) is 2.91. The molecular formula is C11H10BrN3. The summed E-state index contributed by atoms with van der Waals surface area (Å²) in [5, 5.41) is 4.51. The molecule has 1 aliphatic carbocycles. The summed E-state index contributed by atoms with van der Waals surface area (Å²) in [6.45, 7) is 0. The Morgan fingerprint density at radius 1 is 1.27 bits per heavy atom. The van der Waals surface area contributed by atoms with Gasteiger partial charge in [-0.05, 0) is 47.0 Å². The average molecular weight is 264 g/mol. The summed E-state index contributed by atoms with van der Waals surface area (Å²) in [7, 11) is 0. The van der Waals surface area contributed by atoms with Crippen molar-refractivity contribution < 1.29 is 0 Å². The van der Waals surface area contributed by atoms with E-state index in [1.54, 1.807) is 6.20 Å². The topological polar surface area (TPSA) is 30.7 Å². The maximum Gasteiger partial charge on any atom is 0.153 e. The van der Waals surface area contributed by atoms with Crippen LogP contribution in [0.5, 0.6) is 0 Å². The average Bonchev–Trinajstić information content (AvgIpc) is 2.99.